The van der Waals surface area contributed by atoms with E-state index in [1.54, 1.807) is 0 Å². The molecule has 0 aliphatic heterocycles. The van der Waals surface area contributed by atoms with E-state index in [0.717, 1.165) is 22.5 Å². The molecule has 21 heavy (non-hydrogen) atoms. The second kappa shape index (κ2) is 6.93. The van der Waals surface area contributed by atoms with E-state index in [-0.39, 0.29) is 5.91 Å². The monoisotopic (exact) mass is 282 g/mol. The van der Waals surface area contributed by atoms with Crippen LogP contribution in [0.25, 0.3) is 0 Å². The van der Waals surface area contributed by atoms with Crippen molar-refractivity contribution in [3.8, 4) is 0 Å². The fourth-order valence-corrected chi connectivity index (χ4v) is 2.16. The topological polar surface area (TPSA) is 32.3 Å². The molecule has 3 nitrogen and oxygen atoms in total. The van der Waals surface area contributed by atoms with Crippen LogP contribution in [0.15, 0.2) is 48.5 Å². The highest BCUT2D eigenvalue weighted by Gasteiger charge is 2.07. The molecule has 0 aromatic heterocycles. The Kier molecular flexibility index (Phi) is 4.99. The first-order valence-electron chi connectivity index (χ1n) is 7.19. The van der Waals surface area contributed by atoms with Gasteiger partial charge in [-0.15, -0.1) is 0 Å². The molecule has 0 atom stereocenters. The predicted molar refractivity (Wildman–Crippen MR) is 88.9 cm³/mol. The average molecular weight is 282 g/mol. The van der Waals surface area contributed by atoms with Crippen molar-refractivity contribution in [1.29, 1.82) is 0 Å². The van der Waals surface area contributed by atoms with Gasteiger partial charge in [-0.3, -0.25) is 4.79 Å². The number of anilines is 2. The molecule has 110 valence electrons. The lowest BCUT2D eigenvalue weighted by molar-refractivity contribution is -0.116. The lowest BCUT2D eigenvalue weighted by Crippen LogP contribution is -2.24. The Balaban J connectivity index is 1.89. The molecule has 0 saturated carbocycles. The summed E-state index contributed by atoms with van der Waals surface area (Å²) < 4.78 is 0. The van der Waals surface area contributed by atoms with Gasteiger partial charge >= 0.3 is 0 Å². The maximum Gasteiger partial charge on any atom is 0.226 e. The lowest BCUT2D eigenvalue weighted by Gasteiger charge is -2.19. The third-order valence-corrected chi connectivity index (χ3v) is 3.54. The first-order valence-corrected chi connectivity index (χ1v) is 7.19. The van der Waals surface area contributed by atoms with Gasteiger partial charge in [-0.2, -0.15) is 0 Å². The quantitative estimate of drug-likeness (QED) is 0.905. The van der Waals surface area contributed by atoms with Crippen LogP contribution in [-0.4, -0.2) is 19.5 Å². The van der Waals surface area contributed by atoms with E-state index in [9.17, 15) is 4.79 Å². The minimum atomic E-state index is 0.0477. The first-order chi connectivity index (χ1) is 10.1. The number of carbonyl (C=O) groups excluding carboxylic acids is 1. The maximum absolute atomic E-state index is 12.1. The first kappa shape index (κ1) is 15.1. The number of para-hydroxylation sites is 1. The zero-order valence-electron chi connectivity index (χ0n) is 12.9. The van der Waals surface area contributed by atoms with E-state index in [1.807, 2.05) is 69.4 Å². The molecule has 0 saturated heterocycles. The van der Waals surface area contributed by atoms with Crippen LogP contribution in [0.3, 0.4) is 0 Å². The summed E-state index contributed by atoms with van der Waals surface area (Å²) in [6.45, 7) is 4.73. The summed E-state index contributed by atoms with van der Waals surface area (Å²) in [7, 11) is 2.00. The van der Waals surface area contributed by atoms with Gasteiger partial charge in [0.25, 0.3) is 0 Å². The number of hydrogen-bond acceptors (Lipinski definition) is 2. The third-order valence-electron chi connectivity index (χ3n) is 3.54. The molecule has 0 unspecified atom stereocenters. The Labute approximate surface area is 126 Å². The van der Waals surface area contributed by atoms with Crippen LogP contribution >= 0.6 is 0 Å². The number of aryl methyl sites for hydroxylation is 2. The Morgan fingerprint density at radius 3 is 2.52 bits per heavy atom. The van der Waals surface area contributed by atoms with Crippen molar-refractivity contribution in [2.75, 3.05) is 23.8 Å². The van der Waals surface area contributed by atoms with Crippen LogP contribution in [0, 0.1) is 13.8 Å². The largest absolute Gasteiger partial charge is 0.374 e. The van der Waals surface area contributed by atoms with E-state index in [4.69, 9.17) is 0 Å². The van der Waals surface area contributed by atoms with Crippen molar-refractivity contribution in [3.63, 3.8) is 0 Å². The highest BCUT2D eigenvalue weighted by molar-refractivity contribution is 5.91. The molecule has 0 bridgehead atoms. The Bertz CT molecular complexity index is 608. The number of benzene rings is 2. The molecule has 3 heteroatoms. The Morgan fingerprint density at radius 1 is 1.10 bits per heavy atom. The summed E-state index contributed by atoms with van der Waals surface area (Å²) in [6.07, 6.45) is 0.471. The lowest BCUT2D eigenvalue weighted by atomic mass is 10.1. The molecule has 2 rings (SSSR count). The van der Waals surface area contributed by atoms with Gasteiger partial charge in [0.15, 0.2) is 0 Å². The Hall–Kier alpha value is -2.29. The van der Waals surface area contributed by atoms with Crippen molar-refractivity contribution < 1.29 is 4.79 Å². The number of amides is 1. The van der Waals surface area contributed by atoms with Crippen LogP contribution in [-0.2, 0) is 4.79 Å². The molecule has 0 aliphatic carbocycles. The third kappa shape index (κ3) is 4.35. The van der Waals surface area contributed by atoms with E-state index in [1.165, 1.54) is 0 Å². The molecule has 0 aliphatic rings. The molecule has 1 N–H and O–H groups in total. The van der Waals surface area contributed by atoms with Gasteiger partial charge in [0, 0.05) is 31.4 Å². The standard InChI is InChI=1S/C18H22N2O/c1-14-9-10-15(2)17(13-14)19-18(21)11-12-20(3)16-7-5-4-6-8-16/h4-10,13H,11-12H2,1-3H3,(H,19,21). The van der Waals surface area contributed by atoms with Crippen LogP contribution < -0.4 is 10.2 Å². The van der Waals surface area contributed by atoms with Gasteiger partial charge in [-0.05, 0) is 43.2 Å². The minimum Gasteiger partial charge on any atom is -0.374 e. The summed E-state index contributed by atoms with van der Waals surface area (Å²) in [4.78, 5) is 14.2. The fourth-order valence-electron chi connectivity index (χ4n) is 2.16. The summed E-state index contributed by atoms with van der Waals surface area (Å²) in [5.41, 5.74) is 4.27. The zero-order chi connectivity index (χ0) is 15.2. The van der Waals surface area contributed by atoms with E-state index >= 15 is 0 Å². The average Bonchev–Trinajstić information content (AvgIpc) is 2.49. The molecule has 2 aromatic rings. The number of carbonyl (C=O) groups is 1. The number of nitrogens with one attached hydrogen (secondary N) is 1. The van der Waals surface area contributed by atoms with Crippen LogP contribution in [0.5, 0.6) is 0 Å². The van der Waals surface area contributed by atoms with Crippen LogP contribution in [0.2, 0.25) is 0 Å². The second-order valence-electron chi connectivity index (χ2n) is 5.37. The summed E-state index contributed by atoms with van der Waals surface area (Å²) in [5, 5.41) is 2.99. The maximum atomic E-state index is 12.1. The predicted octanol–water partition coefficient (Wildman–Crippen LogP) is 3.77. The highest BCUT2D eigenvalue weighted by Crippen LogP contribution is 2.17. The summed E-state index contributed by atoms with van der Waals surface area (Å²) in [6, 6.07) is 16.2. The second-order valence-corrected chi connectivity index (χ2v) is 5.37. The van der Waals surface area contributed by atoms with Crippen molar-refractivity contribution in [2.45, 2.75) is 20.3 Å². The van der Waals surface area contributed by atoms with Gasteiger partial charge in [0.1, 0.15) is 0 Å². The van der Waals surface area contributed by atoms with Gasteiger partial charge < -0.3 is 10.2 Å². The SMILES string of the molecule is Cc1ccc(C)c(NC(=O)CCN(C)c2ccccc2)c1. The Morgan fingerprint density at radius 2 is 1.81 bits per heavy atom. The molecule has 2 aromatic carbocycles. The van der Waals surface area contributed by atoms with Crippen molar-refractivity contribution in [2.24, 2.45) is 0 Å². The summed E-state index contributed by atoms with van der Waals surface area (Å²) in [5.74, 6) is 0.0477. The smallest absolute Gasteiger partial charge is 0.226 e. The van der Waals surface area contributed by atoms with E-state index in [2.05, 4.69) is 10.2 Å². The van der Waals surface area contributed by atoms with Gasteiger partial charge in [0.05, 0.1) is 0 Å². The molecular weight excluding hydrogens is 260 g/mol. The van der Waals surface area contributed by atoms with Crippen molar-refractivity contribution in [3.05, 3.63) is 59.7 Å². The van der Waals surface area contributed by atoms with Crippen molar-refractivity contribution in [1.82, 2.24) is 0 Å². The normalized spacial score (nSPS) is 10.2. The molecule has 0 radical (unpaired) electrons. The van der Waals surface area contributed by atoms with Crippen LogP contribution in [0.4, 0.5) is 11.4 Å². The fraction of sp³-hybridized carbons (Fsp3) is 0.278. The molecule has 1 amide bonds. The number of hydrogen-bond donors (Lipinski definition) is 1. The van der Waals surface area contributed by atoms with Gasteiger partial charge in [-0.25, -0.2) is 0 Å². The van der Waals surface area contributed by atoms with Crippen LogP contribution in [0.1, 0.15) is 17.5 Å². The number of rotatable bonds is 5. The number of nitrogens with zero attached hydrogens (tertiary/aromatic N) is 1. The van der Waals surface area contributed by atoms with Crippen molar-refractivity contribution >= 4 is 17.3 Å². The van der Waals surface area contributed by atoms with E-state index in [0.29, 0.717) is 13.0 Å². The highest BCUT2D eigenvalue weighted by atomic mass is 16.1. The summed E-state index contributed by atoms with van der Waals surface area (Å²) >= 11 is 0. The van der Waals surface area contributed by atoms with E-state index < -0.39 is 0 Å². The van der Waals surface area contributed by atoms with Gasteiger partial charge in [0.2, 0.25) is 5.91 Å². The zero-order valence-corrected chi connectivity index (χ0v) is 12.9. The molecule has 0 fully saturated rings. The molecular formula is C18H22N2O. The van der Waals surface area contributed by atoms with Gasteiger partial charge in [-0.1, -0.05) is 30.3 Å². The molecule has 0 spiro atoms. The molecule has 0 heterocycles. The minimum absolute atomic E-state index is 0.0477.